The monoisotopic (exact) mass is 431 g/mol. The lowest BCUT2D eigenvalue weighted by Crippen LogP contribution is -2.30. The van der Waals surface area contributed by atoms with Gasteiger partial charge in [-0.1, -0.05) is 12.1 Å². The Morgan fingerprint density at radius 1 is 0.968 bits per heavy atom. The van der Waals surface area contributed by atoms with Crippen molar-refractivity contribution in [2.45, 2.75) is 33.6 Å². The highest BCUT2D eigenvalue weighted by molar-refractivity contribution is 5.74. The van der Waals surface area contributed by atoms with Crippen LogP contribution in [0, 0.1) is 17.0 Å². The van der Waals surface area contributed by atoms with E-state index in [-0.39, 0.29) is 35.6 Å². The molecule has 0 amide bonds. The van der Waals surface area contributed by atoms with Crippen molar-refractivity contribution in [1.29, 1.82) is 0 Å². The Balaban J connectivity index is 0.000000330. The van der Waals surface area contributed by atoms with Crippen molar-refractivity contribution in [3.05, 3.63) is 69.5 Å². The standard InChI is InChI=1S/C14H14N2O2.C8H15NO4/c1-11-10-13(8-9-15-11)3-2-12-4-6-14(7-5-12)16(17)18;1-3-12-7(10)5-9-6-8(11)13-4-2/h4-10H,2-3H2,1H3;9H,3-6H2,1-2H3. The van der Waals surface area contributed by atoms with Crippen LogP contribution in [-0.2, 0) is 31.9 Å². The first kappa shape index (κ1) is 25.7. The molecule has 0 fully saturated rings. The van der Waals surface area contributed by atoms with Crippen LogP contribution in [0.5, 0.6) is 0 Å². The number of hydrogen-bond acceptors (Lipinski definition) is 8. The fourth-order valence-corrected chi connectivity index (χ4v) is 2.52. The number of esters is 2. The highest BCUT2D eigenvalue weighted by Gasteiger charge is 2.05. The molecule has 1 N–H and O–H groups in total. The predicted octanol–water partition coefficient (Wildman–Crippen LogP) is 2.79. The molecule has 0 saturated carbocycles. The SMILES string of the molecule is CCOC(=O)CNCC(=O)OCC.Cc1cc(CCc2ccc([N+](=O)[O-])cc2)ccn1. The summed E-state index contributed by atoms with van der Waals surface area (Å²) in [5, 5.41) is 13.1. The minimum absolute atomic E-state index is 0.0344. The predicted molar refractivity (Wildman–Crippen MR) is 116 cm³/mol. The molecule has 168 valence electrons. The molecule has 0 spiro atoms. The number of nitro groups is 1. The van der Waals surface area contributed by atoms with Crippen molar-refractivity contribution in [3.63, 3.8) is 0 Å². The number of benzene rings is 1. The molecular weight excluding hydrogens is 402 g/mol. The van der Waals surface area contributed by atoms with E-state index in [2.05, 4.69) is 25.8 Å². The van der Waals surface area contributed by atoms with Crippen molar-refractivity contribution in [2.75, 3.05) is 26.3 Å². The van der Waals surface area contributed by atoms with Gasteiger partial charge in [0.25, 0.3) is 5.69 Å². The van der Waals surface area contributed by atoms with Crippen molar-refractivity contribution in [3.8, 4) is 0 Å². The second-order valence-corrected chi connectivity index (χ2v) is 6.44. The molecule has 9 nitrogen and oxygen atoms in total. The third-order valence-electron chi connectivity index (χ3n) is 3.96. The summed E-state index contributed by atoms with van der Waals surface area (Å²) in [6.07, 6.45) is 3.60. The zero-order valence-corrected chi connectivity index (χ0v) is 18.1. The quantitative estimate of drug-likeness (QED) is 0.346. The average Bonchev–Trinajstić information content (AvgIpc) is 2.73. The number of nitro benzene ring substituents is 1. The number of carbonyl (C=O) groups excluding carboxylic acids is 2. The van der Waals surface area contributed by atoms with Crippen molar-refractivity contribution in [1.82, 2.24) is 10.3 Å². The van der Waals surface area contributed by atoms with Gasteiger partial charge in [-0.05, 0) is 56.9 Å². The van der Waals surface area contributed by atoms with E-state index in [0.29, 0.717) is 13.2 Å². The third kappa shape index (κ3) is 11.4. The normalized spacial score (nSPS) is 9.90. The fraction of sp³-hybridized carbons (Fsp3) is 0.409. The van der Waals surface area contributed by atoms with Gasteiger partial charge in [0, 0.05) is 24.0 Å². The van der Waals surface area contributed by atoms with Crippen molar-refractivity contribution in [2.24, 2.45) is 0 Å². The van der Waals surface area contributed by atoms with E-state index in [1.807, 2.05) is 25.1 Å². The summed E-state index contributed by atoms with van der Waals surface area (Å²) in [7, 11) is 0. The van der Waals surface area contributed by atoms with Crippen LogP contribution in [0.25, 0.3) is 0 Å². The molecule has 0 bridgehead atoms. The number of pyridine rings is 1. The van der Waals surface area contributed by atoms with Crippen LogP contribution >= 0.6 is 0 Å². The Morgan fingerprint density at radius 3 is 2.00 bits per heavy atom. The second kappa shape index (κ2) is 14.6. The van der Waals surface area contributed by atoms with E-state index >= 15 is 0 Å². The highest BCUT2D eigenvalue weighted by atomic mass is 16.6. The number of nitrogens with one attached hydrogen (secondary N) is 1. The molecule has 9 heteroatoms. The molecule has 0 unspecified atom stereocenters. The number of ether oxygens (including phenoxy) is 2. The van der Waals surface area contributed by atoms with Gasteiger partial charge >= 0.3 is 11.9 Å². The minimum atomic E-state index is -0.379. The van der Waals surface area contributed by atoms with Gasteiger partial charge in [0.05, 0.1) is 31.2 Å². The van der Waals surface area contributed by atoms with E-state index in [0.717, 1.165) is 24.1 Å². The van der Waals surface area contributed by atoms with E-state index in [9.17, 15) is 19.7 Å². The number of nitrogens with zero attached hydrogens (tertiary/aromatic N) is 2. The summed E-state index contributed by atoms with van der Waals surface area (Å²) in [5.74, 6) is -0.737. The molecule has 0 atom stereocenters. The van der Waals surface area contributed by atoms with Crippen LogP contribution in [0.2, 0.25) is 0 Å². The summed E-state index contributed by atoms with van der Waals surface area (Å²) in [6.45, 7) is 6.18. The lowest BCUT2D eigenvalue weighted by molar-refractivity contribution is -0.384. The van der Waals surface area contributed by atoms with Crippen LogP contribution in [0.4, 0.5) is 5.69 Å². The number of aromatic nitrogens is 1. The first-order chi connectivity index (χ1) is 14.8. The van der Waals surface area contributed by atoms with E-state index in [1.54, 1.807) is 32.2 Å². The van der Waals surface area contributed by atoms with Crippen LogP contribution in [0.3, 0.4) is 0 Å². The summed E-state index contributed by atoms with van der Waals surface area (Å²) < 4.78 is 9.26. The van der Waals surface area contributed by atoms with Gasteiger partial charge in [0.15, 0.2) is 0 Å². The summed E-state index contributed by atoms with van der Waals surface area (Å²) in [6, 6.07) is 10.8. The molecule has 1 heterocycles. The molecule has 1 aromatic carbocycles. The molecule has 31 heavy (non-hydrogen) atoms. The Bertz CT molecular complexity index is 821. The van der Waals surface area contributed by atoms with Crippen molar-refractivity contribution < 1.29 is 24.0 Å². The molecule has 1 aromatic heterocycles. The molecule has 0 aliphatic heterocycles. The third-order valence-corrected chi connectivity index (χ3v) is 3.96. The Kier molecular flexibility index (Phi) is 12.1. The summed E-state index contributed by atoms with van der Waals surface area (Å²) in [5.41, 5.74) is 3.49. The number of rotatable bonds is 10. The topological polar surface area (TPSA) is 121 Å². The Morgan fingerprint density at radius 2 is 1.52 bits per heavy atom. The summed E-state index contributed by atoms with van der Waals surface area (Å²) in [4.78, 5) is 35.8. The molecule has 2 rings (SSSR count). The number of hydrogen-bond donors (Lipinski definition) is 1. The maximum absolute atomic E-state index is 10.7. The zero-order chi connectivity index (χ0) is 23.1. The van der Waals surface area contributed by atoms with Crippen LogP contribution in [0.15, 0.2) is 42.6 Å². The zero-order valence-electron chi connectivity index (χ0n) is 18.1. The molecule has 0 radical (unpaired) electrons. The van der Waals surface area contributed by atoms with E-state index in [1.165, 1.54) is 5.56 Å². The molecular formula is C22H29N3O6. The van der Waals surface area contributed by atoms with Crippen LogP contribution in [0.1, 0.15) is 30.7 Å². The number of aryl methyl sites for hydroxylation is 3. The largest absolute Gasteiger partial charge is 0.465 e. The molecule has 0 aliphatic rings. The Hall–Kier alpha value is -3.33. The highest BCUT2D eigenvalue weighted by Crippen LogP contribution is 2.14. The van der Waals surface area contributed by atoms with Gasteiger partial charge < -0.3 is 9.47 Å². The number of non-ortho nitro benzene ring substituents is 1. The Labute approximate surface area is 181 Å². The summed E-state index contributed by atoms with van der Waals surface area (Å²) >= 11 is 0. The maximum atomic E-state index is 10.7. The molecule has 0 aliphatic carbocycles. The maximum Gasteiger partial charge on any atom is 0.319 e. The minimum Gasteiger partial charge on any atom is -0.465 e. The lowest BCUT2D eigenvalue weighted by Gasteiger charge is -2.03. The van der Waals surface area contributed by atoms with E-state index in [4.69, 9.17) is 0 Å². The fourth-order valence-electron chi connectivity index (χ4n) is 2.52. The smallest absolute Gasteiger partial charge is 0.319 e. The molecule has 2 aromatic rings. The first-order valence-corrected chi connectivity index (χ1v) is 10.0. The van der Waals surface area contributed by atoms with Crippen molar-refractivity contribution >= 4 is 17.6 Å². The van der Waals surface area contributed by atoms with Gasteiger partial charge in [-0.2, -0.15) is 0 Å². The van der Waals surface area contributed by atoms with Crippen LogP contribution < -0.4 is 5.32 Å². The molecule has 0 saturated heterocycles. The van der Waals surface area contributed by atoms with Gasteiger partial charge in [-0.15, -0.1) is 0 Å². The average molecular weight is 431 g/mol. The number of carbonyl (C=O) groups is 2. The van der Waals surface area contributed by atoms with Gasteiger partial charge in [0.1, 0.15) is 0 Å². The first-order valence-electron chi connectivity index (χ1n) is 10.0. The van der Waals surface area contributed by atoms with E-state index < -0.39 is 0 Å². The van der Waals surface area contributed by atoms with Crippen LogP contribution in [-0.4, -0.2) is 48.1 Å². The van der Waals surface area contributed by atoms with Gasteiger partial charge in [0.2, 0.25) is 0 Å². The van der Waals surface area contributed by atoms with Gasteiger partial charge in [-0.25, -0.2) is 0 Å². The second-order valence-electron chi connectivity index (χ2n) is 6.44. The lowest BCUT2D eigenvalue weighted by atomic mass is 10.0. The van der Waals surface area contributed by atoms with Gasteiger partial charge in [-0.3, -0.25) is 30.0 Å².